The monoisotopic (exact) mass is 340 g/mol. The van der Waals surface area contributed by atoms with Crippen LogP contribution >= 0.6 is 0 Å². The van der Waals surface area contributed by atoms with E-state index in [-0.39, 0.29) is 11.6 Å². The average molecular weight is 340 g/mol. The van der Waals surface area contributed by atoms with E-state index in [0.717, 1.165) is 42.8 Å². The molecule has 4 saturated carbocycles. The van der Waals surface area contributed by atoms with Gasteiger partial charge in [-0.2, -0.15) is 0 Å². The fraction of sp³-hybridized carbons (Fsp3) is 0.667. The number of nitrogens with zero attached hydrogens (tertiary/aromatic N) is 5. The molecule has 0 aromatic carbocycles. The fourth-order valence-electron chi connectivity index (χ4n) is 5.85. The Hall–Kier alpha value is -2.18. The number of carbonyl (C=O) groups excluding carboxylic acids is 1. The number of amides is 1. The molecular weight excluding hydrogens is 316 g/mol. The van der Waals surface area contributed by atoms with E-state index in [1.807, 2.05) is 19.0 Å². The molecule has 1 amide bonds. The minimum Gasteiger partial charge on any atom is -0.361 e. The summed E-state index contributed by atoms with van der Waals surface area (Å²) < 4.78 is 1.54. The Labute approximate surface area is 146 Å². The Kier molecular flexibility index (Phi) is 3.12. The summed E-state index contributed by atoms with van der Waals surface area (Å²) in [6, 6.07) is -0.104. The van der Waals surface area contributed by atoms with Gasteiger partial charge in [0, 0.05) is 19.6 Å². The molecule has 132 valence electrons. The van der Waals surface area contributed by atoms with Crippen molar-refractivity contribution in [3.63, 3.8) is 0 Å². The minimum atomic E-state index is -0.104. The second-order valence-corrected chi connectivity index (χ2v) is 8.51. The zero-order valence-electron chi connectivity index (χ0n) is 14.8. The van der Waals surface area contributed by atoms with Crippen LogP contribution in [0.3, 0.4) is 0 Å². The lowest BCUT2D eigenvalue weighted by molar-refractivity contribution is -0.0134. The minimum absolute atomic E-state index is 0.0141. The Morgan fingerprint density at radius 3 is 2.36 bits per heavy atom. The van der Waals surface area contributed by atoms with Gasteiger partial charge in [-0.25, -0.2) is 24.3 Å². The molecule has 4 aliphatic rings. The predicted molar refractivity (Wildman–Crippen MR) is 94.5 cm³/mol. The van der Waals surface area contributed by atoms with Gasteiger partial charge in [-0.3, -0.25) is 0 Å². The van der Waals surface area contributed by atoms with Crippen molar-refractivity contribution >= 4 is 23.0 Å². The van der Waals surface area contributed by atoms with E-state index < -0.39 is 0 Å². The molecule has 7 heteroatoms. The Morgan fingerprint density at radius 1 is 1.12 bits per heavy atom. The zero-order chi connectivity index (χ0) is 17.2. The molecule has 0 spiro atoms. The number of anilines is 1. The van der Waals surface area contributed by atoms with Crippen molar-refractivity contribution in [1.82, 2.24) is 24.8 Å². The zero-order valence-corrected chi connectivity index (χ0v) is 14.8. The van der Waals surface area contributed by atoms with Crippen LogP contribution in [-0.2, 0) is 0 Å². The Morgan fingerprint density at radius 2 is 1.76 bits per heavy atom. The summed E-state index contributed by atoms with van der Waals surface area (Å²) in [6.45, 7) is 0. The standard InChI is InChI=1S/C18H24N6O/c1-23(2)15-14-16(20-9-19-15)24(10-21-14)17(25)22-18-6-11-3-12(7-18)5-13(4-11)8-18/h9-13H,3-8H2,1-2H3,(H,22,25). The van der Waals surface area contributed by atoms with Crippen molar-refractivity contribution in [2.24, 2.45) is 17.8 Å². The van der Waals surface area contributed by atoms with E-state index in [0.29, 0.717) is 11.2 Å². The molecule has 2 aromatic heterocycles. The number of hydrogen-bond donors (Lipinski definition) is 1. The quantitative estimate of drug-likeness (QED) is 0.908. The molecule has 25 heavy (non-hydrogen) atoms. The highest BCUT2D eigenvalue weighted by molar-refractivity contribution is 5.91. The Bertz CT molecular complexity index is 806. The summed E-state index contributed by atoms with van der Waals surface area (Å²) in [4.78, 5) is 27.9. The van der Waals surface area contributed by atoms with E-state index in [1.165, 1.54) is 25.6 Å². The van der Waals surface area contributed by atoms with Crippen LogP contribution in [0.15, 0.2) is 12.7 Å². The van der Waals surface area contributed by atoms with E-state index in [2.05, 4.69) is 20.3 Å². The smallest absolute Gasteiger partial charge is 0.328 e. The lowest BCUT2D eigenvalue weighted by Gasteiger charge is -2.56. The van der Waals surface area contributed by atoms with E-state index in [4.69, 9.17) is 0 Å². The second kappa shape index (κ2) is 5.16. The van der Waals surface area contributed by atoms with Gasteiger partial charge in [-0.1, -0.05) is 0 Å². The molecule has 2 heterocycles. The third-order valence-electron chi connectivity index (χ3n) is 6.37. The highest BCUT2D eigenvalue weighted by Gasteiger charge is 2.51. The molecule has 4 aliphatic carbocycles. The normalized spacial score (nSPS) is 33.0. The van der Waals surface area contributed by atoms with E-state index in [9.17, 15) is 4.79 Å². The van der Waals surface area contributed by atoms with Crippen molar-refractivity contribution in [3.05, 3.63) is 12.7 Å². The van der Waals surface area contributed by atoms with Crippen LogP contribution in [0.4, 0.5) is 10.6 Å². The van der Waals surface area contributed by atoms with Gasteiger partial charge in [-0.15, -0.1) is 0 Å². The van der Waals surface area contributed by atoms with E-state index >= 15 is 0 Å². The molecule has 4 bridgehead atoms. The molecular formula is C18H24N6O. The average Bonchev–Trinajstić information content (AvgIpc) is 2.96. The lowest BCUT2D eigenvalue weighted by Crippen LogP contribution is -2.60. The van der Waals surface area contributed by atoms with Crippen LogP contribution in [0.5, 0.6) is 0 Å². The summed E-state index contributed by atoms with van der Waals surface area (Å²) in [7, 11) is 3.83. The van der Waals surface area contributed by atoms with Gasteiger partial charge in [0.1, 0.15) is 12.7 Å². The molecule has 1 N–H and O–H groups in total. The van der Waals surface area contributed by atoms with Crippen LogP contribution in [0.25, 0.3) is 11.2 Å². The number of hydrogen-bond acceptors (Lipinski definition) is 5. The molecule has 7 nitrogen and oxygen atoms in total. The molecule has 0 aliphatic heterocycles. The molecule has 6 rings (SSSR count). The van der Waals surface area contributed by atoms with Crippen LogP contribution in [0.1, 0.15) is 38.5 Å². The molecule has 0 atom stereocenters. The van der Waals surface area contributed by atoms with Gasteiger partial charge in [0.15, 0.2) is 17.0 Å². The number of imidazole rings is 1. The van der Waals surface area contributed by atoms with Gasteiger partial charge in [0.05, 0.1) is 0 Å². The van der Waals surface area contributed by atoms with Gasteiger partial charge in [0.2, 0.25) is 0 Å². The summed E-state index contributed by atoms with van der Waals surface area (Å²) in [5.74, 6) is 3.13. The van der Waals surface area contributed by atoms with Crippen molar-refractivity contribution in [1.29, 1.82) is 0 Å². The van der Waals surface area contributed by atoms with Gasteiger partial charge < -0.3 is 10.2 Å². The number of nitrogens with one attached hydrogen (secondary N) is 1. The largest absolute Gasteiger partial charge is 0.361 e. The second-order valence-electron chi connectivity index (χ2n) is 8.51. The topological polar surface area (TPSA) is 75.9 Å². The molecule has 2 aromatic rings. The number of aromatic nitrogens is 4. The Balaban J connectivity index is 1.45. The third kappa shape index (κ3) is 2.32. The van der Waals surface area contributed by atoms with Crippen molar-refractivity contribution < 1.29 is 4.79 Å². The molecule has 0 saturated heterocycles. The van der Waals surface area contributed by atoms with Gasteiger partial charge >= 0.3 is 6.03 Å². The van der Waals surface area contributed by atoms with Gasteiger partial charge in [-0.05, 0) is 56.3 Å². The highest BCUT2D eigenvalue weighted by atomic mass is 16.2. The first-order chi connectivity index (χ1) is 12.0. The summed E-state index contributed by atoms with van der Waals surface area (Å²) >= 11 is 0. The van der Waals surface area contributed by atoms with Crippen molar-refractivity contribution in [3.8, 4) is 0 Å². The lowest BCUT2D eigenvalue weighted by atomic mass is 9.53. The molecule has 4 fully saturated rings. The first kappa shape index (κ1) is 15.1. The third-order valence-corrected chi connectivity index (χ3v) is 6.37. The van der Waals surface area contributed by atoms with Crippen molar-refractivity contribution in [2.75, 3.05) is 19.0 Å². The molecule has 0 unspecified atom stereocenters. The SMILES string of the molecule is CN(C)c1ncnc2c1ncn2C(=O)NC12CC3CC(CC(C3)C1)C2. The predicted octanol–water partition coefficient (Wildman–Crippen LogP) is 2.42. The van der Waals surface area contributed by atoms with Crippen LogP contribution < -0.4 is 10.2 Å². The summed E-state index contributed by atoms with van der Waals surface area (Å²) in [5, 5.41) is 3.38. The maximum Gasteiger partial charge on any atom is 0.328 e. The maximum atomic E-state index is 13.0. The van der Waals surface area contributed by atoms with Crippen LogP contribution in [0.2, 0.25) is 0 Å². The van der Waals surface area contributed by atoms with Crippen LogP contribution in [-0.4, -0.2) is 45.2 Å². The fourth-order valence-corrected chi connectivity index (χ4v) is 5.85. The van der Waals surface area contributed by atoms with E-state index in [1.54, 1.807) is 10.9 Å². The maximum absolute atomic E-state index is 13.0. The first-order valence-electron chi connectivity index (χ1n) is 9.21. The summed E-state index contributed by atoms with van der Waals surface area (Å²) in [6.07, 6.45) is 10.6. The van der Waals surface area contributed by atoms with Crippen molar-refractivity contribution in [2.45, 2.75) is 44.1 Å². The first-order valence-corrected chi connectivity index (χ1v) is 9.21. The molecule has 0 radical (unpaired) electrons. The number of rotatable bonds is 2. The number of fused-ring (bicyclic) bond motifs is 1. The van der Waals surface area contributed by atoms with Crippen LogP contribution in [0, 0.1) is 17.8 Å². The van der Waals surface area contributed by atoms with Gasteiger partial charge in [0.25, 0.3) is 0 Å². The summed E-state index contributed by atoms with van der Waals surface area (Å²) in [5.41, 5.74) is 1.22. The highest BCUT2D eigenvalue weighted by Crippen LogP contribution is 2.55. The number of carbonyl (C=O) groups is 1.